The Morgan fingerprint density at radius 2 is 1.34 bits per heavy atom. The van der Waals surface area contributed by atoms with Crippen molar-refractivity contribution in [2.75, 3.05) is 0 Å². The molecule has 3 aromatic rings. The van der Waals surface area contributed by atoms with E-state index in [9.17, 15) is 4.39 Å². The van der Waals surface area contributed by atoms with Gasteiger partial charge >= 0.3 is 0 Å². The molecule has 29 heavy (non-hydrogen) atoms. The highest BCUT2D eigenvalue weighted by Crippen LogP contribution is 2.30. The van der Waals surface area contributed by atoms with Crippen LogP contribution < -0.4 is 0 Å². The van der Waals surface area contributed by atoms with Gasteiger partial charge in [0.25, 0.3) is 0 Å². The van der Waals surface area contributed by atoms with Gasteiger partial charge in [-0.1, -0.05) is 93.3 Å². The van der Waals surface area contributed by atoms with Crippen molar-refractivity contribution in [1.29, 1.82) is 0 Å². The lowest BCUT2D eigenvalue weighted by molar-refractivity contribution is 0.624. The average Bonchev–Trinajstić information content (AvgIpc) is 2.75. The number of rotatable bonds is 9. The van der Waals surface area contributed by atoms with Crippen LogP contribution in [0.1, 0.15) is 52.6 Å². The molecule has 0 aromatic heterocycles. The lowest BCUT2D eigenvalue weighted by atomic mass is 9.82. The molecule has 0 saturated heterocycles. The Morgan fingerprint density at radius 1 is 0.793 bits per heavy atom. The third-order valence-corrected chi connectivity index (χ3v) is 5.45. The summed E-state index contributed by atoms with van der Waals surface area (Å²) in [6.07, 6.45) is 7.75. The molecular weight excluding hydrogens is 355 g/mol. The smallest absolute Gasteiger partial charge is 0.123 e. The highest BCUT2D eigenvalue weighted by Gasteiger charge is 2.17. The largest absolute Gasteiger partial charge is 0.207 e. The maximum absolute atomic E-state index is 13.4. The van der Waals surface area contributed by atoms with Crippen LogP contribution in [0.25, 0.3) is 12.2 Å². The Bertz CT molecular complexity index is 949. The zero-order valence-corrected chi connectivity index (χ0v) is 17.2. The first-order chi connectivity index (χ1) is 14.1. The Morgan fingerprint density at radius 3 is 1.90 bits per heavy atom. The highest BCUT2D eigenvalue weighted by atomic mass is 19.1. The topological polar surface area (TPSA) is 0 Å². The Kier molecular flexibility index (Phi) is 7.19. The highest BCUT2D eigenvalue weighted by molar-refractivity contribution is 5.51. The van der Waals surface area contributed by atoms with Crippen LogP contribution in [0.15, 0.2) is 79.9 Å². The van der Waals surface area contributed by atoms with Crippen molar-refractivity contribution in [1.82, 2.24) is 0 Å². The molecule has 0 aliphatic rings. The molecule has 0 fully saturated rings. The number of hydrogen-bond donors (Lipinski definition) is 0. The van der Waals surface area contributed by atoms with E-state index in [4.69, 9.17) is 0 Å². The molecule has 0 aliphatic heterocycles. The first-order valence-corrected chi connectivity index (χ1v) is 10.3. The molecule has 0 aliphatic carbocycles. The lowest BCUT2D eigenvalue weighted by Gasteiger charge is -2.22. The lowest BCUT2D eigenvalue weighted by Crippen LogP contribution is -2.10. The van der Waals surface area contributed by atoms with E-state index in [1.54, 1.807) is 12.1 Å². The zero-order valence-electron chi connectivity index (χ0n) is 17.2. The SMILES string of the molecule is C=Cc1ccc(CC(Cc2ccc(F)cc2)c2ccc(C=C)cc2CCC)cc1. The summed E-state index contributed by atoms with van der Waals surface area (Å²) in [5.41, 5.74) is 7.53. The normalized spacial score (nSPS) is 11.8. The maximum Gasteiger partial charge on any atom is 0.123 e. The molecule has 1 unspecified atom stereocenters. The van der Waals surface area contributed by atoms with Crippen molar-refractivity contribution in [3.63, 3.8) is 0 Å². The number of hydrogen-bond acceptors (Lipinski definition) is 0. The second kappa shape index (κ2) is 10.0. The molecule has 0 N–H and O–H groups in total. The predicted octanol–water partition coefficient (Wildman–Crippen LogP) is 7.63. The van der Waals surface area contributed by atoms with Crippen molar-refractivity contribution >= 4 is 12.2 Å². The van der Waals surface area contributed by atoms with Gasteiger partial charge in [0.05, 0.1) is 0 Å². The van der Waals surface area contributed by atoms with Gasteiger partial charge in [0.15, 0.2) is 0 Å². The molecule has 3 rings (SSSR count). The third-order valence-electron chi connectivity index (χ3n) is 5.45. The fourth-order valence-corrected chi connectivity index (χ4v) is 3.91. The van der Waals surface area contributed by atoms with Gasteiger partial charge in [-0.15, -0.1) is 0 Å². The molecule has 0 heterocycles. The molecule has 148 valence electrons. The summed E-state index contributed by atoms with van der Waals surface area (Å²) in [6.45, 7) is 9.98. The second-order valence-corrected chi connectivity index (χ2v) is 7.59. The molecule has 0 radical (unpaired) electrons. The minimum atomic E-state index is -0.188. The molecule has 3 aromatic carbocycles. The van der Waals surface area contributed by atoms with Gasteiger partial charge in [0.1, 0.15) is 5.82 Å². The molecule has 0 nitrogen and oxygen atoms in total. The minimum absolute atomic E-state index is 0.188. The first-order valence-electron chi connectivity index (χ1n) is 10.3. The van der Waals surface area contributed by atoms with Crippen LogP contribution in [-0.4, -0.2) is 0 Å². The quantitative estimate of drug-likeness (QED) is 0.356. The van der Waals surface area contributed by atoms with Crippen LogP contribution in [0.5, 0.6) is 0 Å². The summed E-state index contributed by atoms with van der Waals surface area (Å²) >= 11 is 0. The minimum Gasteiger partial charge on any atom is -0.207 e. The van der Waals surface area contributed by atoms with Crippen molar-refractivity contribution in [2.24, 2.45) is 0 Å². The van der Waals surface area contributed by atoms with Crippen LogP contribution in [0.4, 0.5) is 4.39 Å². The van der Waals surface area contributed by atoms with E-state index in [0.717, 1.165) is 42.4 Å². The van der Waals surface area contributed by atoms with E-state index < -0.39 is 0 Å². The van der Waals surface area contributed by atoms with Crippen LogP contribution in [-0.2, 0) is 19.3 Å². The van der Waals surface area contributed by atoms with E-state index >= 15 is 0 Å². The Labute approximate surface area is 174 Å². The maximum atomic E-state index is 13.4. The van der Waals surface area contributed by atoms with Gasteiger partial charge in [-0.3, -0.25) is 0 Å². The van der Waals surface area contributed by atoms with Gasteiger partial charge in [0.2, 0.25) is 0 Å². The Hall–Kier alpha value is -2.93. The number of benzene rings is 3. The fourth-order valence-electron chi connectivity index (χ4n) is 3.91. The molecule has 0 spiro atoms. The summed E-state index contributed by atoms with van der Waals surface area (Å²) < 4.78 is 13.4. The summed E-state index contributed by atoms with van der Waals surface area (Å²) in [6, 6.07) is 22.2. The van der Waals surface area contributed by atoms with E-state index in [1.807, 2.05) is 24.3 Å². The van der Waals surface area contributed by atoms with Crippen LogP contribution in [0, 0.1) is 5.82 Å². The number of aryl methyl sites for hydroxylation is 1. The second-order valence-electron chi connectivity index (χ2n) is 7.59. The van der Waals surface area contributed by atoms with Crippen LogP contribution >= 0.6 is 0 Å². The van der Waals surface area contributed by atoms with Crippen LogP contribution in [0.2, 0.25) is 0 Å². The van der Waals surface area contributed by atoms with Crippen molar-refractivity contribution in [3.8, 4) is 0 Å². The van der Waals surface area contributed by atoms with E-state index in [2.05, 4.69) is 62.5 Å². The monoisotopic (exact) mass is 384 g/mol. The van der Waals surface area contributed by atoms with Crippen molar-refractivity contribution < 1.29 is 4.39 Å². The van der Waals surface area contributed by atoms with Crippen LogP contribution in [0.3, 0.4) is 0 Å². The van der Waals surface area contributed by atoms with E-state index in [0.29, 0.717) is 5.92 Å². The third kappa shape index (κ3) is 5.54. The zero-order chi connectivity index (χ0) is 20.6. The molecule has 0 amide bonds. The molecular formula is C28H29F. The van der Waals surface area contributed by atoms with Gasteiger partial charge in [-0.2, -0.15) is 0 Å². The van der Waals surface area contributed by atoms with Crippen molar-refractivity contribution in [2.45, 2.75) is 38.5 Å². The Balaban J connectivity index is 1.97. The van der Waals surface area contributed by atoms with Crippen molar-refractivity contribution in [3.05, 3.63) is 119 Å². The summed E-state index contributed by atoms with van der Waals surface area (Å²) in [4.78, 5) is 0. The van der Waals surface area contributed by atoms with E-state index in [-0.39, 0.29) is 5.82 Å². The molecule has 1 atom stereocenters. The molecule has 0 saturated carbocycles. The van der Waals surface area contributed by atoms with Gasteiger partial charge < -0.3 is 0 Å². The average molecular weight is 385 g/mol. The summed E-state index contributed by atoms with van der Waals surface area (Å²) in [5, 5.41) is 0. The fraction of sp³-hybridized carbons (Fsp3) is 0.214. The van der Waals surface area contributed by atoms with Gasteiger partial charge in [-0.05, 0) is 70.7 Å². The first kappa shape index (κ1) is 20.8. The van der Waals surface area contributed by atoms with E-state index in [1.165, 1.54) is 16.7 Å². The predicted molar refractivity (Wildman–Crippen MR) is 124 cm³/mol. The summed E-state index contributed by atoms with van der Waals surface area (Å²) in [7, 11) is 0. The van der Waals surface area contributed by atoms with Gasteiger partial charge in [-0.25, -0.2) is 4.39 Å². The summed E-state index contributed by atoms with van der Waals surface area (Å²) in [5.74, 6) is 0.141. The standard InChI is InChI=1S/C28H29F/c1-4-7-25-18-22(6-3)14-17-28(25)26(20-24-12-15-27(29)16-13-24)19-23-10-8-21(5-2)9-11-23/h5-6,8-18,26H,2-4,7,19-20H2,1H3. The van der Waals surface area contributed by atoms with Gasteiger partial charge in [0, 0.05) is 0 Å². The molecule has 1 heteroatoms. The molecule has 0 bridgehead atoms. The number of halogens is 1.